The lowest BCUT2D eigenvalue weighted by Crippen LogP contribution is -2.28. The molecule has 0 saturated carbocycles. The molecular formula is C15H29NO2. The van der Waals surface area contributed by atoms with Crippen LogP contribution in [0.15, 0.2) is 0 Å². The van der Waals surface area contributed by atoms with Crippen LogP contribution in [0.3, 0.4) is 0 Å². The Morgan fingerprint density at radius 2 is 1.72 bits per heavy atom. The van der Waals surface area contributed by atoms with E-state index in [2.05, 4.69) is 18.7 Å². The third-order valence-electron chi connectivity index (χ3n) is 4.19. The number of hydrogen-bond donors (Lipinski definition) is 1. The number of carbonyl (C=O) groups is 1. The zero-order chi connectivity index (χ0) is 13.4. The number of hydrogen-bond acceptors (Lipinski definition) is 2. The van der Waals surface area contributed by atoms with Gasteiger partial charge in [0.25, 0.3) is 0 Å². The minimum Gasteiger partial charge on any atom is -0.481 e. The highest BCUT2D eigenvalue weighted by molar-refractivity contribution is 5.66. The van der Waals surface area contributed by atoms with E-state index < -0.39 is 5.97 Å². The van der Waals surface area contributed by atoms with E-state index in [1.165, 1.54) is 38.8 Å². The molecular weight excluding hydrogens is 226 g/mol. The lowest BCUT2D eigenvalue weighted by Gasteiger charge is -2.25. The molecule has 0 aromatic heterocycles. The summed E-state index contributed by atoms with van der Waals surface area (Å²) in [6.07, 6.45) is 7.74. The molecule has 1 atom stereocenters. The fourth-order valence-electron chi connectivity index (χ4n) is 2.83. The molecule has 106 valence electrons. The molecule has 0 amide bonds. The smallest absolute Gasteiger partial charge is 0.303 e. The van der Waals surface area contributed by atoms with Crippen LogP contribution in [0.1, 0.15) is 58.8 Å². The number of carboxylic acids is 1. The van der Waals surface area contributed by atoms with Crippen LogP contribution in [-0.2, 0) is 4.79 Å². The van der Waals surface area contributed by atoms with Crippen molar-refractivity contribution in [3.8, 4) is 0 Å². The molecule has 1 N–H and O–H groups in total. The number of aliphatic carboxylic acids is 1. The standard InChI is InChI=1S/C15H29NO2/c1-13(2)14(7-8-15(17)18)9-12-16-10-5-3-4-6-11-16/h13-14H,3-12H2,1-2H3,(H,17,18). The Bertz CT molecular complexity index is 233. The van der Waals surface area contributed by atoms with Gasteiger partial charge in [0.2, 0.25) is 0 Å². The van der Waals surface area contributed by atoms with Gasteiger partial charge in [0, 0.05) is 6.42 Å². The molecule has 0 aliphatic carbocycles. The van der Waals surface area contributed by atoms with Crippen molar-refractivity contribution in [3.05, 3.63) is 0 Å². The lowest BCUT2D eigenvalue weighted by atomic mass is 9.88. The van der Waals surface area contributed by atoms with Crippen LogP contribution in [0.5, 0.6) is 0 Å². The highest BCUT2D eigenvalue weighted by atomic mass is 16.4. The highest BCUT2D eigenvalue weighted by Crippen LogP contribution is 2.22. The van der Waals surface area contributed by atoms with Gasteiger partial charge in [-0.1, -0.05) is 26.7 Å². The Kier molecular flexibility index (Phi) is 7.33. The van der Waals surface area contributed by atoms with E-state index in [1.807, 2.05) is 0 Å². The van der Waals surface area contributed by atoms with E-state index in [0.29, 0.717) is 18.3 Å². The summed E-state index contributed by atoms with van der Waals surface area (Å²) < 4.78 is 0. The number of nitrogens with zero attached hydrogens (tertiary/aromatic N) is 1. The molecule has 1 saturated heterocycles. The van der Waals surface area contributed by atoms with Crippen molar-refractivity contribution in [2.45, 2.75) is 58.8 Å². The number of carboxylic acid groups (broad SMARTS) is 1. The predicted octanol–water partition coefficient (Wildman–Crippen LogP) is 3.39. The molecule has 18 heavy (non-hydrogen) atoms. The molecule has 1 unspecified atom stereocenters. The number of rotatable bonds is 7. The Hall–Kier alpha value is -0.570. The summed E-state index contributed by atoms with van der Waals surface area (Å²) in [5, 5.41) is 8.79. The minimum atomic E-state index is -0.657. The van der Waals surface area contributed by atoms with Gasteiger partial charge in [-0.3, -0.25) is 4.79 Å². The molecule has 1 rings (SSSR count). The van der Waals surface area contributed by atoms with Crippen LogP contribution in [0.25, 0.3) is 0 Å². The first kappa shape index (κ1) is 15.5. The fourth-order valence-corrected chi connectivity index (χ4v) is 2.83. The summed E-state index contributed by atoms with van der Waals surface area (Å²) >= 11 is 0. The van der Waals surface area contributed by atoms with Crippen molar-refractivity contribution in [1.29, 1.82) is 0 Å². The van der Waals surface area contributed by atoms with Crippen LogP contribution < -0.4 is 0 Å². The van der Waals surface area contributed by atoms with Gasteiger partial charge >= 0.3 is 5.97 Å². The Morgan fingerprint density at radius 1 is 1.11 bits per heavy atom. The monoisotopic (exact) mass is 255 g/mol. The van der Waals surface area contributed by atoms with Gasteiger partial charge in [-0.2, -0.15) is 0 Å². The summed E-state index contributed by atoms with van der Waals surface area (Å²) in [5.74, 6) is 0.496. The maximum absolute atomic E-state index is 10.7. The second kappa shape index (κ2) is 8.52. The average molecular weight is 255 g/mol. The molecule has 3 nitrogen and oxygen atoms in total. The third-order valence-corrected chi connectivity index (χ3v) is 4.19. The molecule has 0 aromatic carbocycles. The molecule has 1 aliphatic rings. The molecule has 0 radical (unpaired) electrons. The second-order valence-corrected chi connectivity index (χ2v) is 5.98. The van der Waals surface area contributed by atoms with Crippen molar-refractivity contribution in [2.75, 3.05) is 19.6 Å². The maximum Gasteiger partial charge on any atom is 0.303 e. The van der Waals surface area contributed by atoms with Gasteiger partial charge in [0.05, 0.1) is 0 Å². The van der Waals surface area contributed by atoms with Crippen LogP contribution in [0.2, 0.25) is 0 Å². The summed E-state index contributed by atoms with van der Waals surface area (Å²) in [6, 6.07) is 0. The summed E-state index contributed by atoms with van der Waals surface area (Å²) in [7, 11) is 0. The predicted molar refractivity (Wildman–Crippen MR) is 74.7 cm³/mol. The number of likely N-dealkylation sites (tertiary alicyclic amines) is 1. The first-order valence-electron chi connectivity index (χ1n) is 7.53. The van der Waals surface area contributed by atoms with Gasteiger partial charge in [-0.15, -0.1) is 0 Å². The summed E-state index contributed by atoms with van der Waals surface area (Å²) in [4.78, 5) is 13.2. The van der Waals surface area contributed by atoms with Crippen LogP contribution in [0, 0.1) is 11.8 Å². The van der Waals surface area contributed by atoms with E-state index in [-0.39, 0.29) is 0 Å². The highest BCUT2D eigenvalue weighted by Gasteiger charge is 2.17. The van der Waals surface area contributed by atoms with E-state index in [1.54, 1.807) is 0 Å². The molecule has 0 bridgehead atoms. The molecule has 1 heterocycles. The van der Waals surface area contributed by atoms with Crippen LogP contribution >= 0.6 is 0 Å². The van der Waals surface area contributed by atoms with Crippen molar-refractivity contribution in [1.82, 2.24) is 4.90 Å². The van der Waals surface area contributed by atoms with Gasteiger partial charge in [-0.25, -0.2) is 0 Å². The molecule has 1 aliphatic heterocycles. The zero-order valence-corrected chi connectivity index (χ0v) is 12.0. The van der Waals surface area contributed by atoms with Crippen LogP contribution in [-0.4, -0.2) is 35.6 Å². The second-order valence-electron chi connectivity index (χ2n) is 5.98. The van der Waals surface area contributed by atoms with Crippen molar-refractivity contribution in [3.63, 3.8) is 0 Å². The maximum atomic E-state index is 10.7. The van der Waals surface area contributed by atoms with E-state index in [0.717, 1.165) is 19.4 Å². The van der Waals surface area contributed by atoms with Gasteiger partial charge in [0.15, 0.2) is 0 Å². The van der Waals surface area contributed by atoms with E-state index >= 15 is 0 Å². The minimum absolute atomic E-state index is 0.322. The zero-order valence-electron chi connectivity index (χ0n) is 12.0. The van der Waals surface area contributed by atoms with Gasteiger partial charge < -0.3 is 10.0 Å². The Morgan fingerprint density at radius 3 is 2.22 bits per heavy atom. The Labute approximate surface area is 112 Å². The average Bonchev–Trinajstić information content (AvgIpc) is 2.56. The molecule has 0 aromatic rings. The van der Waals surface area contributed by atoms with Gasteiger partial charge in [-0.05, 0) is 57.2 Å². The van der Waals surface area contributed by atoms with E-state index in [9.17, 15) is 4.79 Å². The summed E-state index contributed by atoms with van der Waals surface area (Å²) in [5.41, 5.74) is 0. The topological polar surface area (TPSA) is 40.5 Å². The molecule has 3 heteroatoms. The SMILES string of the molecule is CC(C)C(CCC(=O)O)CCN1CCCCCC1. The quantitative estimate of drug-likeness (QED) is 0.758. The van der Waals surface area contributed by atoms with Crippen molar-refractivity contribution >= 4 is 5.97 Å². The fraction of sp³-hybridized carbons (Fsp3) is 0.933. The van der Waals surface area contributed by atoms with E-state index in [4.69, 9.17) is 5.11 Å². The largest absolute Gasteiger partial charge is 0.481 e. The first-order chi connectivity index (χ1) is 8.59. The third kappa shape index (κ3) is 6.39. The first-order valence-corrected chi connectivity index (χ1v) is 7.53. The van der Waals surface area contributed by atoms with Gasteiger partial charge in [0.1, 0.15) is 0 Å². The lowest BCUT2D eigenvalue weighted by molar-refractivity contribution is -0.137. The normalized spacial score (nSPS) is 19.7. The molecule has 1 fully saturated rings. The molecule has 0 spiro atoms. The Balaban J connectivity index is 2.29. The van der Waals surface area contributed by atoms with Crippen LogP contribution in [0.4, 0.5) is 0 Å². The van der Waals surface area contributed by atoms with Crippen molar-refractivity contribution < 1.29 is 9.90 Å². The summed E-state index contributed by atoms with van der Waals surface area (Å²) in [6.45, 7) is 8.07. The van der Waals surface area contributed by atoms with Crippen molar-refractivity contribution in [2.24, 2.45) is 11.8 Å².